The van der Waals surface area contributed by atoms with E-state index in [1.807, 2.05) is 6.07 Å². The van der Waals surface area contributed by atoms with Gasteiger partial charge in [0.05, 0.1) is 19.1 Å². The third-order valence-electron chi connectivity index (χ3n) is 4.87. The summed E-state index contributed by atoms with van der Waals surface area (Å²) in [6.45, 7) is 4.91. The van der Waals surface area contributed by atoms with Crippen LogP contribution in [0.3, 0.4) is 0 Å². The van der Waals surface area contributed by atoms with Crippen molar-refractivity contribution in [1.29, 1.82) is 0 Å². The second kappa shape index (κ2) is 9.17. The molecule has 2 heterocycles. The Bertz CT molecular complexity index is 874. The van der Waals surface area contributed by atoms with Crippen molar-refractivity contribution in [3.8, 4) is 11.5 Å². The number of allylic oxidation sites excluding steroid dienone is 1. The molecule has 29 heavy (non-hydrogen) atoms. The molecule has 2 saturated heterocycles. The largest absolute Gasteiger partial charge is 0.493 e. The molecule has 154 valence electrons. The Morgan fingerprint density at radius 2 is 1.93 bits per heavy atom. The molecule has 0 radical (unpaired) electrons. The van der Waals surface area contributed by atoms with Gasteiger partial charge in [0.2, 0.25) is 5.91 Å². The van der Waals surface area contributed by atoms with Crippen LogP contribution >= 0.6 is 11.8 Å². The SMILES string of the molecule is C=CCc1cc(/C=C2\SC(=O)N(CC(=O)N3CCCC3)C2=O)cc(OC)c1OC. The summed E-state index contributed by atoms with van der Waals surface area (Å²) >= 11 is 0.839. The maximum Gasteiger partial charge on any atom is 0.294 e. The molecule has 0 N–H and O–H groups in total. The fourth-order valence-electron chi connectivity index (χ4n) is 3.45. The van der Waals surface area contributed by atoms with Gasteiger partial charge in [-0.2, -0.15) is 0 Å². The van der Waals surface area contributed by atoms with Gasteiger partial charge in [-0.15, -0.1) is 6.58 Å². The Balaban J connectivity index is 1.84. The van der Waals surface area contributed by atoms with Gasteiger partial charge in [0.25, 0.3) is 11.1 Å². The van der Waals surface area contributed by atoms with Gasteiger partial charge < -0.3 is 14.4 Å². The van der Waals surface area contributed by atoms with Crippen LogP contribution in [0.1, 0.15) is 24.0 Å². The zero-order valence-corrected chi connectivity index (χ0v) is 17.4. The molecule has 0 aromatic heterocycles. The maximum atomic E-state index is 12.7. The molecule has 8 heteroatoms. The van der Waals surface area contributed by atoms with Crippen molar-refractivity contribution in [1.82, 2.24) is 9.80 Å². The summed E-state index contributed by atoms with van der Waals surface area (Å²) in [5.74, 6) is 0.494. The number of rotatable bonds is 7. The Kier molecular flexibility index (Phi) is 6.64. The van der Waals surface area contributed by atoms with Crippen LogP contribution in [0, 0.1) is 0 Å². The average molecular weight is 416 g/mol. The molecule has 0 saturated carbocycles. The molecule has 3 rings (SSSR count). The van der Waals surface area contributed by atoms with Crippen molar-refractivity contribution >= 4 is 34.9 Å². The number of ether oxygens (including phenoxy) is 2. The number of hydrogen-bond acceptors (Lipinski definition) is 6. The molecule has 3 amide bonds. The molecule has 0 atom stereocenters. The summed E-state index contributed by atoms with van der Waals surface area (Å²) in [6.07, 6.45) is 5.87. The van der Waals surface area contributed by atoms with E-state index in [0.717, 1.165) is 35.1 Å². The lowest BCUT2D eigenvalue weighted by Gasteiger charge is -2.18. The fourth-order valence-corrected chi connectivity index (χ4v) is 4.29. The van der Waals surface area contributed by atoms with E-state index in [9.17, 15) is 14.4 Å². The third kappa shape index (κ3) is 4.48. The zero-order valence-electron chi connectivity index (χ0n) is 16.6. The molecule has 2 aliphatic rings. The number of thioether (sulfide) groups is 1. The third-order valence-corrected chi connectivity index (χ3v) is 5.77. The minimum absolute atomic E-state index is 0.189. The van der Waals surface area contributed by atoms with Gasteiger partial charge in [0.1, 0.15) is 6.54 Å². The molecular formula is C21H24N2O5S. The predicted octanol–water partition coefficient (Wildman–Crippen LogP) is 3.09. The highest BCUT2D eigenvalue weighted by atomic mass is 32.2. The first-order valence-corrected chi connectivity index (χ1v) is 10.2. The van der Waals surface area contributed by atoms with Crippen molar-refractivity contribution in [2.75, 3.05) is 33.9 Å². The quantitative estimate of drug-likeness (QED) is 0.502. The molecule has 2 aliphatic heterocycles. The Morgan fingerprint density at radius 3 is 2.55 bits per heavy atom. The van der Waals surface area contributed by atoms with Gasteiger partial charge in [-0.3, -0.25) is 19.3 Å². The number of methoxy groups -OCH3 is 2. The van der Waals surface area contributed by atoms with Crippen LogP contribution in [0.2, 0.25) is 0 Å². The number of nitrogens with zero attached hydrogens (tertiary/aromatic N) is 2. The van der Waals surface area contributed by atoms with Crippen molar-refractivity contribution in [2.45, 2.75) is 19.3 Å². The predicted molar refractivity (Wildman–Crippen MR) is 112 cm³/mol. The first-order chi connectivity index (χ1) is 14.0. The molecule has 0 spiro atoms. The lowest BCUT2D eigenvalue weighted by Crippen LogP contribution is -2.40. The summed E-state index contributed by atoms with van der Waals surface area (Å²) in [4.78, 5) is 40.4. The van der Waals surface area contributed by atoms with Gasteiger partial charge >= 0.3 is 0 Å². The van der Waals surface area contributed by atoms with Gasteiger partial charge in [0.15, 0.2) is 11.5 Å². The van der Waals surface area contributed by atoms with Crippen LogP contribution in [-0.4, -0.2) is 60.7 Å². The first kappa shape index (κ1) is 21.0. The lowest BCUT2D eigenvalue weighted by molar-refractivity contribution is -0.135. The molecule has 2 fully saturated rings. The molecular weight excluding hydrogens is 392 g/mol. The van der Waals surface area contributed by atoms with Crippen LogP contribution < -0.4 is 9.47 Å². The number of amides is 3. The summed E-state index contributed by atoms with van der Waals surface area (Å²) in [5, 5.41) is -0.430. The minimum atomic E-state index is -0.451. The molecule has 0 aliphatic carbocycles. The number of likely N-dealkylation sites (tertiary alicyclic amines) is 1. The second-order valence-electron chi connectivity index (χ2n) is 6.76. The van der Waals surface area contributed by atoms with E-state index >= 15 is 0 Å². The molecule has 0 bridgehead atoms. The summed E-state index contributed by atoms with van der Waals surface area (Å²) < 4.78 is 10.8. The average Bonchev–Trinajstić information content (AvgIpc) is 3.33. The number of carbonyl (C=O) groups excluding carboxylic acids is 3. The van der Waals surface area contributed by atoms with E-state index in [4.69, 9.17) is 9.47 Å². The van der Waals surface area contributed by atoms with Crippen LogP contribution in [-0.2, 0) is 16.0 Å². The topological polar surface area (TPSA) is 76.2 Å². The Labute approximate surface area is 174 Å². The summed E-state index contributed by atoms with van der Waals surface area (Å²) in [6, 6.07) is 3.61. The van der Waals surface area contributed by atoms with Gasteiger partial charge in [-0.05, 0) is 54.8 Å². The number of imide groups is 1. The van der Waals surface area contributed by atoms with E-state index in [1.165, 1.54) is 7.11 Å². The number of benzene rings is 1. The normalized spacial score (nSPS) is 17.9. The zero-order chi connectivity index (χ0) is 21.0. The van der Waals surface area contributed by atoms with E-state index in [2.05, 4.69) is 6.58 Å². The van der Waals surface area contributed by atoms with Crippen molar-refractivity contribution < 1.29 is 23.9 Å². The molecule has 1 aromatic carbocycles. The standard InChI is InChI=1S/C21H24N2O5S/c1-4-7-15-10-14(11-16(27-2)19(15)28-3)12-17-20(25)23(21(26)29-17)13-18(24)22-8-5-6-9-22/h4,10-12H,1,5-9,13H2,2-3H3/b17-12-. The van der Waals surface area contributed by atoms with E-state index in [1.54, 1.807) is 30.2 Å². The lowest BCUT2D eigenvalue weighted by atomic mass is 10.0. The van der Waals surface area contributed by atoms with Gasteiger partial charge in [-0.25, -0.2) is 0 Å². The van der Waals surface area contributed by atoms with E-state index < -0.39 is 11.1 Å². The Morgan fingerprint density at radius 1 is 1.21 bits per heavy atom. The van der Waals surface area contributed by atoms with Gasteiger partial charge in [0, 0.05) is 18.7 Å². The number of carbonyl (C=O) groups is 3. The minimum Gasteiger partial charge on any atom is -0.493 e. The molecule has 1 aromatic rings. The molecule has 7 nitrogen and oxygen atoms in total. The highest BCUT2D eigenvalue weighted by Gasteiger charge is 2.37. The highest BCUT2D eigenvalue weighted by molar-refractivity contribution is 8.18. The first-order valence-electron chi connectivity index (χ1n) is 9.37. The van der Waals surface area contributed by atoms with Crippen LogP contribution in [0.5, 0.6) is 11.5 Å². The smallest absolute Gasteiger partial charge is 0.294 e. The van der Waals surface area contributed by atoms with E-state index in [0.29, 0.717) is 36.6 Å². The Hall–Kier alpha value is -2.74. The van der Waals surface area contributed by atoms with Crippen molar-refractivity contribution in [2.24, 2.45) is 0 Å². The van der Waals surface area contributed by atoms with Gasteiger partial charge in [-0.1, -0.05) is 6.08 Å². The van der Waals surface area contributed by atoms with Crippen molar-refractivity contribution in [3.05, 3.63) is 40.8 Å². The molecule has 0 unspecified atom stereocenters. The highest BCUT2D eigenvalue weighted by Crippen LogP contribution is 2.37. The van der Waals surface area contributed by atoms with Crippen LogP contribution in [0.15, 0.2) is 29.7 Å². The number of hydrogen-bond donors (Lipinski definition) is 0. The maximum absolute atomic E-state index is 12.7. The monoisotopic (exact) mass is 416 g/mol. The van der Waals surface area contributed by atoms with E-state index in [-0.39, 0.29) is 17.4 Å². The summed E-state index contributed by atoms with van der Waals surface area (Å²) in [5.41, 5.74) is 1.56. The fraction of sp³-hybridized carbons (Fsp3) is 0.381. The van der Waals surface area contributed by atoms with Crippen molar-refractivity contribution in [3.63, 3.8) is 0 Å². The summed E-state index contributed by atoms with van der Waals surface area (Å²) in [7, 11) is 3.10. The van der Waals surface area contributed by atoms with Crippen LogP contribution in [0.25, 0.3) is 6.08 Å². The second-order valence-corrected chi connectivity index (χ2v) is 7.76. The van der Waals surface area contributed by atoms with Crippen LogP contribution in [0.4, 0.5) is 4.79 Å².